The average molecular weight is 373 g/mol. The van der Waals surface area contributed by atoms with E-state index in [9.17, 15) is 0 Å². The number of furan rings is 1. The maximum absolute atomic E-state index is 5.32. The molecule has 4 aromatic rings. The number of guanidine groups is 1. The molecule has 0 atom stereocenters. The zero-order valence-corrected chi connectivity index (χ0v) is 15.8. The van der Waals surface area contributed by atoms with Gasteiger partial charge in [0, 0.05) is 20.1 Å². The zero-order valence-electron chi connectivity index (χ0n) is 15.8. The van der Waals surface area contributed by atoms with Crippen LogP contribution < -0.4 is 10.6 Å². The Morgan fingerprint density at radius 1 is 0.964 bits per heavy atom. The summed E-state index contributed by atoms with van der Waals surface area (Å²) in [4.78, 5) is 8.69. The van der Waals surface area contributed by atoms with Crippen molar-refractivity contribution < 1.29 is 4.42 Å². The molecule has 2 N–H and O–H groups in total. The molecular weight excluding hydrogens is 350 g/mol. The quantitative estimate of drug-likeness (QED) is 0.401. The number of aromatic nitrogens is 2. The molecule has 28 heavy (non-hydrogen) atoms. The lowest BCUT2D eigenvalue weighted by molar-refractivity contribution is 0.501. The van der Waals surface area contributed by atoms with Gasteiger partial charge < -0.3 is 19.6 Å². The highest BCUT2D eigenvalue weighted by Gasteiger charge is 2.04. The number of fused-ring (bicyclic) bond motifs is 1. The summed E-state index contributed by atoms with van der Waals surface area (Å²) in [5, 5.41) is 6.55. The monoisotopic (exact) mass is 373 g/mol. The molecule has 142 valence electrons. The lowest BCUT2D eigenvalue weighted by Gasteiger charge is -2.11. The molecule has 0 aliphatic rings. The Morgan fingerprint density at radius 2 is 1.75 bits per heavy atom. The highest BCUT2D eigenvalue weighted by Crippen LogP contribution is 2.14. The number of nitrogens with zero attached hydrogens (tertiary/aromatic N) is 3. The summed E-state index contributed by atoms with van der Waals surface area (Å²) in [6, 6.07) is 20.6. The number of hydrogen-bond acceptors (Lipinski definition) is 3. The number of para-hydroxylation sites is 2. The SMILES string of the molecule is CN=C(NCc1ccc(Cn2cnc3ccccc32)cc1)NCc1ccco1. The number of imidazole rings is 1. The van der Waals surface area contributed by atoms with Gasteiger partial charge in [0.15, 0.2) is 5.96 Å². The van der Waals surface area contributed by atoms with Crippen LogP contribution in [0.2, 0.25) is 0 Å². The zero-order chi connectivity index (χ0) is 19.2. The largest absolute Gasteiger partial charge is 0.467 e. The van der Waals surface area contributed by atoms with Crippen LogP contribution in [0, 0.1) is 0 Å². The molecule has 0 saturated carbocycles. The molecular formula is C22H23N5O. The molecule has 0 saturated heterocycles. The van der Waals surface area contributed by atoms with E-state index in [0.717, 1.165) is 29.3 Å². The van der Waals surface area contributed by atoms with Crippen molar-refractivity contribution in [3.63, 3.8) is 0 Å². The molecule has 2 aromatic heterocycles. The Hall–Kier alpha value is -3.54. The number of rotatable bonds is 6. The lowest BCUT2D eigenvalue weighted by atomic mass is 10.1. The van der Waals surface area contributed by atoms with E-state index in [4.69, 9.17) is 4.42 Å². The third kappa shape index (κ3) is 4.23. The van der Waals surface area contributed by atoms with E-state index in [-0.39, 0.29) is 0 Å². The van der Waals surface area contributed by atoms with Crippen LogP contribution in [0.3, 0.4) is 0 Å². The summed E-state index contributed by atoms with van der Waals surface area (Å²) in [6.45, 7) is 2.11. The van der Waals surface area contributed by atoms with Crippen LogP contribution in [0.5, 0.6) is 0 Å². The Labute approximate surface area is 163 Å². The molecule has 2 heterocycles. The lowest BCUT2D eigenvalue weighted by Crippen LogP contribution is -2.36. The van der Waals surface area contributed by atoms with Gasteiger partial charge in [-0.3, -0.25) is 4.99 Å². The standard InChI is InChI=1S/C22H23N5O/c1-23-22(25-14-19-5-4-12-28-19)24-13-17-8-10-18(11-9-17)15-27-16-26-20-6-2-3-7-21(20)27/h2-12,16H,13-15H2,1H3,(H2,23,24,25). The molecule has 6 heteroatoms. The van der Waals surface area contributed by atoms with Gasteiger partial charge in [0.1, 0.15) is 5.76 Å². The highest BCUT2D eigenvalue weighted by molar-refractivity contribution is 5.79. The Morgan fingerprint density at radius 3 is 2.54 bits per heavy atom. The van der Waals surface area contributed by atoms with Crippen LogP contribution in [0.4, 0.5) is 0 Å². The number of benzene rings is 2. The van der Waals surface area contributed by atoms with Gasteiger partial charge in [0.25, 0.3) is 0 Å². The molecule has 0 spiro atoms. The number of nitrogens with one attached hydrogen (secondary N) is 2. The van der Waals surface area contributed by atoms with Crippen LogP contribution in [0.15, 0.2) is 82.7 Å². The van der Waals surface area contributed by atoms with Crippen LogP contribution in [-0.2, 0) is 19.6 Å². The fourth-order valence-corrected chi connectivity index (χ4v) is 3.09. The van der Waals surface area contributed by atoms with Gasteiger partial charge in [-0.25, -0.2) is 4.98 Å². The van der Waals surface area contributed by atoms with Crippen molar-refractivity contribution in [3.05, 3.63) is 90.1 Å². The maximum atomic E-state index is 5.32. The first-order chi connectivity index (χ1) is 13.8. The molecule has 0 aliphatic carbocycles. The van der Waals surface area contributed by atoms with Crippen molar-refractivity contribution in [2.24, 2.45) is 4.99 Å². The second kappa shape index (κ2) is 8.43. The first kappa shape index (κ1) is 17.9. The van der Waals surface area contributed by atoms with Gasteiger partial charge in [-0.15, -0.1) is 0 Å². The van der Waals surface area contributed by atoms with Crippen LogP contribution in [0.1, 0.15) is 16.9 Å². The summed E-state index contributed by atoms with van der Waals surface area (Å²) >= 11 is 0. The molecule has 0 unspecified atom stereocenters. The fraction of sp³-hybridized carbons (Fsp3) is 0.182. The van der Waals surface area contributed by atoms with Crippen LogP contribution in [0.25, 0.3) is 11.0 Å². The molecule has 4 rings (SSSR count). The second-order valence-corrected chi connectivity index (χ2v) is 6.54. The molecule has 2 aromatic carbocycles. The summed E-state index contributed by atoms with van der Waals surface area (Å²) in [5.74, 6) is 1.62. The normalized spacial score (nSPS) is 11.7. The molecule has 0 radical (unpaired) electrons. The van der Waals surface area contributed by atoms with E-state index in [2.05, 4.69) is 55.5 Å². The fourth-order valence-electron chi connectivity index (χ4n) is 3.09. The average Bonchev–Trinajstić information content (AvgIpc) is 3.40. The van der Waals surface area contributed by atoms with Crippen LogP contribution in [-0.4, -0.2) is 22.6 Å². The van der Waals surface area contributed by atoms with Crippen molar-refractivity contribution in [3.8, 4) is 0 Å². The summed E-state index contributed by atoms with van der Waals surface area (Å²) in [7, 11) is 1.76. The van der Waals surface area contributed by atoms with Crippen molar-refractivity contribution in [1.29, 1.82) is 0 Å². The maximum Gasteiger partial charge on any atom is 0.191 e. The molecule has 0 bridgehead atoms. The Kier molecular flexibility index (Phi) is 5.38. The molecule has 0 amide bonds. The smallest absolute Gasteiger partial charge is 0.191 e. The predicted octanol–water partition coefficient (Wildman–Crippen LogP) is 3.54. The first-order valence-corrected chi connectivity index (χ1v) is 9.26. The molecule has 6 nitrogen and oxygen atoms in total. The highest BCUT2D eigenvalue weighted by atomic mass is 16.3. The number of hydrogen-bond donors (Lipinski definition) is 2. The summed E-state index contributed by atoms with van der Waals surface area (Å²) in [5.41, 5.74) is 4.61. The van der Waals surface area contributed by atoms with E-state index >= 15 is 0 Å². The first-order valence-electron chi connectivity index (χ1n) is 9.26. The van der Waals surface area contributed by atoms with Gasteiger partial charge in [-0.05, 0) is 35.4 Å². The minimum atomic E-state index is 0.602. The van der Waals surface area contributed by atoms with Gasteiger partial charge in [0.2, 0.25) is 0 Å². The third-order valence-corrected chi connectivity index (χ3v) is 4.60. The van der Waals surface area contributed by atoms with Crippen molar-refractivity contribution in [1.82, 2.24) is 20.2 Å². The molecule has 0 aliphatic heterocycles. The van der Waals surface area contributed by atoms with Gasteiger partial charge in [-0.1, -0.05) is 36.4 Å². The number of aliphatic imine (C=N–C) groups is 1. The summed E-state index contributed by atoms with van der Waals surface area (Å²) in [6.07, 6.45) is 3.57. The van der Waals surface area contributed by atoms with E-state index < -0.39 is 0 Å². The predicted molar refractivity (Wildman–Crippen MR) is 111 cm³/mol. The van der Waals surface area contributed by atoms with Crippen molar-refractivity contribution >= 4 is 17.0 Å². The summed E-state index contributed by atoms with van der Waals surface area (Å²) < 4.78 is 7.49. The van der Waals surface area contributed by atoms with E-state index in [0.29, 0.717) is 13.1 Å². The van der Waals surface area contributed by atoms with Crippen molar-refractivity contribution in [2.75, 3.05) is 7.05 Å². The topological polar surface area (TPSA) is 67.4 Å². The Bertz CT molecular complexity index is 1050. The van der Waals surface area contributed by atoms with E-state index in [1.807, 2.05) is 36.7 Å². The van der Waals surface area contributed by atoms with Gasteiger partial charge in [-0.2, -0.15) is 0 Å². The minimum absolute atomic E-state index is 0.602. The molecule has 0 fully saturated rings. The Balaban J connectivity index is 1.32. The third-order valence-electron chi connectivity index (χ3n) is 4.60. The van der Waals surface area contributed by atoms with E-state index in [1.54, 1.807) is 13.3 Å². The van der Waals surface area contributed by atoms with E-state index in [1.165, 1.54) is 11.1 Å². The minimum Gasteiger partial charge on any atom is -0.467 e. The van der Waals surface area contributed by atoms with Crippen LogP contribution >= 0.6 is 0 Å². The second-order valence-electron chi connectivity index (χ2n) is 6.54. The van der Waals surface area contributed by atoms with Gasteiger partial charge >= 0.3 is 0 Å². The van der Waals surface area contributed by atoms with Crippen molar-refractivity contribution in [2.45, 2.75) is 19.6 Å². The van der Waals surface area contributed by atoms with Gasteiger partial charge in [0.05, 0.1) is 30.2 Å².